The molecule has 0 saturated carbocycles. The number of carbonyl (C=O) groups is 1. The minimum absolute atomic E-state index is 0.0821. The van der Waals surface area contributed by atoms with E-state index in [-0.39, 0.29) is 17.2 Å². The number of carbonyl (C=O) groups excluding carboxylic acids is 1. The van der Waals surface area contributed by atoms with Gasteiger partial charge in [-0.3, -0.25) is 14.7 Å². The maximum absolute atomic E-state index is 12.8. The third kappa shape index (κ3) is 3.85. The van der Waals surface area contributed by atoms with E-state index < -0.39 is 0 Å². The number of hydrogen-bond donors (Lipinski definition) is 1. The first-order chi connectivity index (χ1) is 16.2. The minimum Gasteiger partial charge on any atom is -0.489 e. The summed E-state index contributed by atoms with van der Waals surface area (Å²) in [4.78, 5) is 19.4. The molecular formula is C27H27N3O3. The predicted molar refractivity (Wildman–Crippen MR) is 124 cm³/mol. The lowest BCUT2D eigenvalue weighted by Gasteiger charge is -2.40. The number of rotatable bonds is 2. The summed E-state index contributed by atoms with van der Waals surface area (Å²) in [6.07, 6.45) is 4.83. The Morgan fingerprint density at radius 1 is 1.09 bits per heavy atom. The lowest BCUT2D eigenvalue weighted by Crippen LogP contribution is -2.48. The van der Waals surface area contributed by atoms with E-state index in [1.165, 1.54) is 11.1 Å². The van der Waals surface area contributed by atoms with Gasteiger partial charge in [0.1, 0.15) is 5.75 Å². The average Bonchev–Trinajstić information content (AvgIpc) is 3.21. The zero-order valence-corrected chi connectivity index (χ0v) is 18.5. The van der Waals surface area contributed by atoms with Gasteiger partial charge >= 0.3 is 0 Å². The van der Waals surface area contributed by atoms with Crippen molar-refractivity contribution in [2.24, 2.45) is 5.41 Å². The van der Waals surface area contributed by atoms with Gasteiger partial charge in [0.25, 0.3) is 0 Å². The zero-order valence-electron chi connectivity index (χ0n) is 18.5. The van der Waals surface area contributed by atoms with Crippen molar-refractivity contribution in [1.82, 2.24) is 15.2 Å². The zero-order chi connectivity index (χ0) is 22.3. The Morgan fingerprint density at radius 2 is 1.97 bits per heavy atom. The van der Waals surface area contributed by atoms with Crippen LogP contribution in [0.25, 0.3) is 0 Å². The fraction of sp³-hybridized carbons (Fsp3) is 0.333. The molecule has 1 N–H and O–H groups in total. The Kier molecular flexibility index (Phi) is 5.03. The van der Waals surface area contributed by atoms with Crippen molar-refractivity contribution in [2.75, 3.05) is 26.2 Å². The summed E-state index contributed by atoms with van der Waals surface area (Å²) in [5.41, 5.74) is 3.32. The topological polar surface area (TPSA) is 63.7 Å². The second-order valence-electron chi connectivity index (χ2n) is 9.43. The number of aromatic nitrogens is 1. The second kappa shape index (κ2) is 8.19. The van der Waals surface area contributed by atoms with Gasteiger partial charge in [-0.1, -0.05) is 24.3 Å². The molecule has 33 heavy (non-hydrogen) atoms. The van der Waals surface area contributed by atoms with Crippen LogP contribution in [0.1, 0.15) is 29.0 Å². The Hall–Kier alpha value is -3.38. The number of nitrogens with zero attached hydrogens (tertiary/aromatic N) is 2. The molecule has 4 aliphatic heterocycles. The Bertz CT molecular complexity index is 1180. The molecule has 1 aromatic heterocycles. The molecule has 6 bridgehead atoms. The molecule has 1 amide bonds. The molecule has 1 fully saturated rings. The lowest BCUT2D eigenvalue weighted by molar-refractivity contribution is -0.121. The minimum atomic E-state index is -0.174. The molecule has 2 atom stereocenters. The van der Waals surface area contributed by atoms with E-state index >= 15 is 0 Å². The number of hydrogen-bond acceptors (Lipinski definition) is 5. The van der Waals surface area contributed by atoms with Crippen molar-refractivity contribution in [2.45, 2.75) is 25.3 Å². The van der Waals surface area contributed by atoms with Crippen LogP contribution in [0, 0.1) is 5.41 Å². The van der Waals surface area contributed by atoms with Crippen LogP contribution >= 0.6 is 0 Å². The normalized spacial score (nSPS) is 24.2. The maximum Gasteiger partial charge on any atom is 0.220 e. The van der Waals surface area contributed by atoms with Gasteiger partial charge in [0.2, 0.25) is 5.91 Å². The van der Waals surface area contributed by atoms with Gasteiger partial charge in [0.15, 0.2) is 11.5 Å². The third-order valence-corrected chi connectivity index (χ3v) is 7.17. The number of benzene rings is 2. The fourth-order valence-electron chi connectivity index (χ4n) is 5.51. The highest BCUT2D eigenvalue weighted by Crippen LogP contribution is 2.52. The van der Waals surface area contributed by atoms with Crippen molar-refractivity contribution >= 4 is 5.91 Å². The van der Waals surface area contributed by atoms with Crippen molar-refractivity contribution in [3.05, 3.63) is 83.7 Å². The molecule has 7 rings (SSSR count). The van der Waals surface area contributed by atoms with Gasteiger partial charge < -0.3 is 14.8 Å². The molecule has 0 unspecified atom stereocenters. The van der Waals surface area contributed by atoms with Crippen LogP contribution in [0.5, 0.6) is 17.2 Å². The van der Waals surface area contributed by atoms with E-state index in [1.54, 1.807) is 0 Å². The molecule has 168 valence electrons. The van der Waals surface area contributed by atoms with Gasteiger partial charge in [-0.15, -0.1) is 0 Å². The van der Waals surface area contributed by atoms with Gasteiger partial charge in [0.05, 0.1) is 6.61 Å². The van der Waals surface area contributed by atoms with Crippen LogP contribution in [0.2, 0.25) is 0 Å². The summed E-state index contributed by atoms with van der Waals surface area (Å²) >= 11 is 0. The van der Waals surface area contributed by atoms with Gasteiger partial charge in [-0.2, -0.15) is 0 Å². The molecule has 2 aromatic carbocycles. The molecule has 5 heterocycles. The van der Waals surface area contributed by atoms with Crippen LogP contribution in [-0.2, 0) is 17.8 Å². The van der Waals surface area contributed by atoms with Crippen molar-refractivity contribution < 1.29 is 14.3 Å². The molecular weight excluding hydrogens is 414 g/mol. The summed E-state index contributed by atoms with van der Waals surface area (Å²) in [6, 6.07) is 18.3. The number of fused-ring (bicyclic) bond motifs is 5. The molecule has 0 aliphatic carbocycles. The van der Waals surface area contributed by atoms with E-state index in [9.17, 15) is 4.79 Å². The van der Waals surface area contributed by atoms with Crippen LogP contribution in [0.15, 0.2) is 67.0 Å². The summed E-state index contributed by atoms with van der Waals surface area (Å²) in [7, 11) is 0. The van der Waals surface area contributed by atoms with Crippen LogP contribution in [-0.4, -0.2) is 42.0 Å². The molecule has 1 saturated heterocycles. The van der Waals surface area contributed by atoms with Crippen molar-refractivity contribution in [3.8, 4) is 17.2 Å². The highest BCUT2D eigenvalue weighted by molar-refractivity contribution is 5.76. The standard InChI is InChI=1S/C27H27N3O3/c31-25-8-7-19-3-1-4-21(13-19)33-24-6-2-5-22-23-15-30(14-20-9-11-28-12-10-20)17-27(23,16-29-25)18-32-26(22)24/h1-6,9-13,23H,7-8,14-18H2,(H,29,31)/t23-,27+/m1/s1. The summed E-state index contributed by atoms with van der Waals surface area (Å²) < 4.78 is 12.7. The average molecular weight is 442 g/mol. The Labute approximate surface area is 193 Å². The predicted octanol–water partition coefficient (Wildman–Crippen LogP) is 3.91. The number of ether oxygens (including phenoxy) is 2. The summed E-state index contributed by atoms with van der Waals surface area (Å²) in [5, 5.41) is 3.24. The number of amides is 1. The van der Waals surface area contributed by atoms with E-state index in [1.807, 2.05) is 48.8 Å². The highest BCUT2D eigenvalue weighted by Gasteiger charge is 2.51. The van der Waals surface area contributed by atoms with Crippen LogP contribution in [0.4, 0.5) is 0 Å². The molecule has 3 aromatic rings. The first-order valence-electron chi connectivity index (χ1n) is 11.6. The number of pyridine rings is 1. The SMILES string of the molecule is O=C1CCc2cccc(c2)Oc2cccc3c2OC[C@]2(CN1)CN(Cc1ccncc1)C[C@H]32. The maximum atomic E-state index is 12.8. The van der Waals surface area contributed by atoms with Crippen LogP contribution < -0.4 is 14.8 Å². The van der Waals surface area contributed by atoms with Gasteiger partial charge in [-0.05, 0) is 47.9 Å². The van der Waals surface area contributed by atoms with E-state index in [0.717, 1.165) is 42.4 Å². The molecule has 6 heteroatoms. The third-order valence-electron chi connectivity index (χ3n) is 7.17. The quantitative estimate of drug-likeness (QED) is 0.653. The molecule has 1 spiro atoms. The first kappa shape index (κ1) is 20.2. The number of nitrogens with one attached hydrogen (secondary N) is 1. The number of aryl methyl sites for hydroxylation is 1. The first-order valence-corrected chi connectivity index (χ1v) is 11.6. The molecule has 6 nitrogen and oxygen atoms in total. The van der Waals surface area contributed by atoms with Gasteiger partial charge in [-0.25, -0.2) is 0 Å². The van der Waals surface area contributed by atoms with Gasteiger partial charge in [0, 0.05) is 61.9 Å². The van der Waals surface area contributed by atoms with E-state index in [0.29, 0.717) is 26.0 Å². The lowest BCUT2D eigenvalue weighted by atomic mass is 9.73. The van der Waals surface area contributed by atoms with Crippen LogP contribution in [0.3, 0.4) is 0 Å². The Balaban J connectivity index is 1.39. The fourth-order valence-corrected chi connectivity index (χ4v) is 5.51. The Morgan fingerprint density at radius 3 is 2.88 bits per heavy atom. The summed E-state index contributed by atoms with van der Waals surface area (Å²) in [6.45, 7) is 3.79. The number of para-hydroxylation sites is 1. The van der Waals surface area contributed by atoms with Crippen molar-refractivity contribution in [1.29, 1.82) is 0 Å². The summed E-state index contributed by atoms with van der Waals surface area (Å²) in [5.74, 6) is 2.69. The highest BCUT2D eigenvalue weighted by atomic mass is 16.5. The number of likely N-dealkylation sites (tertiary alicyclic amines) is 1. The van der Waals surface area contributed by atoms with E-state index in [2.05, 4.69) is 33.4 Å². The second-order valence-corrected chi connectivity index (χ2v) is 9.43. The monoisotopic (exact) mass is 441 g/mol. The molecule has 4 aliphatic rings. The van der Waals surface area contributed by atoms with Crippen molar-refractivity contribution in [3.63, 3.8) is 0 Å². The van der Waals surface area contributed by atoms with E-state index in [4.69, 9.17) is 9.47 Å². The molecule has 0 radical (unpaired) electrons. The largest absolute Gasteiger partial charge is 0.489 e. The smallest absolute Gasteiger partial charge is 0.220 e.